The first-order valence-corrected chi connectivity index (χ1v) is 6.18. The monoisotopic (exact) mass is 294 g/mol. The Kier molecular flexibility index (Phi) is 2.22. The zero-order valence-corrected chi connectivity index (χ0v) is 10.9. The molecule has 0 aliphatic heterocycles. The van der Waals surface area contributed by atoms with Gasteiger partial charge in [0.15, 0.2) is 0 Å². The molecule has 2 aromatic heterocycles. The third-order valence-electron chi connectivity index (χ3n) is 3.26. The molecule has 2 aromatic rings. The van der Waals surface area contributed by atoms with E-state index in [1.54, 1.807) is 24.0 Å². The molecule has 1 aliphatic carbocycles. The lowest BCUT2D eigenvalue weighted by molar-refractivity contribution is -0.123. The van der Waals surface area contributed by atoms with E-state index in [1.807, 2.05) is 6.20 Å². The summed E-state index contributed by atoms with van der Waals surface area (Å²) in [5, 5.41) is 6.91. The lowest BCUT2D eigenvalue weighted by Gasteiger charge is -2.12. The molecule has 6 heteroatoms. The lowest BCUT2D eigenvalue weighted by Crippen LogP contribution is -2.32. The number of carbonyl (C=O) groups excluding carboxylic acids is 1. The van der Waals surface area contributed by atoms with Gasteiger partial charge in [-0.2, -0.15) is 5.10 Å². The fourth-order valence-electron chi connectivity index (χ4n) is 2.07. The number of fused-ring (bicyclic) bond motifs is 1. The molecular weight excluding hydrogens is 284 g/mol. The minimum absolute atomic E-state index is 0.0376. The number of nitrogens with one attached hydrogen (secondary N) is 1. The predicted molar refractivity (Wildman–Crippen MR) is 65.7 cm³/mol. The first-order valence-electron chi connectivity index (χ1n) is 5.39. The highest BCUT2D eigenvalue weighted by molar-refractivity contribution is 9.10. The minimum atomic E-state index is -0.429. The molecule has 3 rings (SSSR count). The number of hydrogen-bond acceptors (Lipinski definition) is 3. The Hall–Kier alpha value is -1.43. The van der Waals surface area contributed by atoms with Crippen LogP contribution in [0, 0.1) is 0 Å². The minimum Gasteiger partial charge on any atom is -0.358 e. The summed E-state index contributed by atoms with van der Waals surface area (Å²) < 4.78 is 2.65. The molecule has 0 radical (unpaired) electrons. The number of aromatic nitrogens is 3. The smallest absolute Gasteiger partial charge is 0.232 e. The predicted octanol–water partition coefficient (Wildman–Crippen LogP) is 1.27. The summed E-state index contributed by atoms with van der Waals surface area (Å²) in [4.78, 5) is 16.2. The second-order valence-electron chi connectivity index (χ2n) is 4.26. The first-order chi connectivity index (χ1) is 8.17. The number of amides is 1. The van der Waals surface area contributed by atoms with Gasteiger partial charge in [-0.1, -0.05) is 0 Å². The van der Waals surface area contributed by atoms with Gasteiger partial charge in [0, 0.05) is 7.05 Å². The quantitative estimate of drug-likeness (QED) is 0.907. The van der Waals surface area contributed by atoms with Crippen LogP contribution in [0.25, 0.3) is 5.52 Å². The molecule has 0 saturated heterocycles. The SMILES string of the molecule is CNC(=O)C1(c2cn3ncc(Br)c3cn2)CC1. The van der Waals surface area contributed by atoms with Crippen LogP contribution in [-0.2, 0) is 10.2 Å². The van der Waals surface area contributed by atoms with Crippen molar-refractivity contribution in [2.45, 2.75) is 18.3 Å². The summed E-state index contributed by atoms with van der Waals surface area (Å²) in [6.07, 6.45) is 7.01. The molecule has 1 fully saturated rings. The molecule has 1 aliphatic rings. The van der Waals surface area contributed by atoms with Gasteiger partial charge in [0.25, 0.3) is 0 Å². The number of rotatable bonds is 2. The van der Waals surface area contributed by atoms with Gasteiger partial charge < -0.3 is 5.32 Å². The van der Waals surface area contributed by atoms with Crippen molar-refractivity contribution < 1.29 is 4.79 Å². The molecule has 88 valence electrons. The maximum absolute atomic E-state index is 11.8. The van der Waals surface area contributed by atoms with Crippen LogP contribution in [0.15, 0.2) is 23.1 Å². The van der Waals surface area contributed by atoms with Crippen LogP contribution in [0.5, 0.6) is 0 Å². The van der Waals surface area contributed by atoms with E-state index in [-0.39, 0.29) is 5.91 Å². The summed E-state index contributed by atoms with van der Waals surface area (Å²) in [5.41, 5.74) is 1.27. The normalized spacial score (nSPS) is 17.1. The maximum atomic E-state index is 11.8. The molecule has 0 unspecified atom stereocenters. The largest absolute Gasteiger partial charge is 0.358 e. The van der Waals surface area contributed by atoms with E-state index in [2.05, 4.69) is 31.3 Å². The van der Waals surface area contributed by atoms with Gasteiger partial charge in [-0.15, -0.1) is 0 Å². The Morgan fingerprint density at radius 2 is 2.29 bits per heavy atom. The van der Waals surface area contributed by atoms with Crippen LogP contribution in [-0.4, -0.2) is 27.6 Å². The van der Waals surface area contributed by atoms with E-state index in [0.29, 0.717) is 0 Å². The van der Waals surface area contributed by atoms with Crippen LogP contribution < -0.4 is 5.32 Å². The number of hydrogen-bond donors (Lipinski definition) is 1. The van der Waals surface area contributed by atoms with Crippen molar-refractivity contribution >= 4 is 27.4 Å². The molecule has 0 spiro atoms. The Labute approximate surface area is 106 Å². The second kappa shape index (κ2) is 3.53. The van der Waals surface area contributed by atoms with Crippen molar-refractivity contribution in [2.75, 3.05) is 7.05 Å². The van der Waals surface area contributed by atoms with E-state index >= 15 is 0 Å². The molecule has 1 amide bonds. The Morgan fingerprint density at radius 1 is 1.53 bits per heavy atom. The summed E-state index contributed by atoms with van der Waals surface area (Å²) in [6.45, 7) is 0. The van der Waals surface area contributed by atoms with Crippen LogP contribution in [0.4, 0.5) is 0 Å². The highest BCUT2D eigenvalue weighted by Crippen LogP contribution is 2.47. The summed E-state index contributed by atoms with van der Waals surface area (Å²) >= 11 is 3.40. The van der Waals surface area contributed by atoms with E-state index in [1.165, 1.54) is 0 Å². The number of likely N-dealkylation sites (N-methyl/N-ethyl adjacent to an activating group) is 1. The van der Waals surface area contributed by atoms with Gasteiger partial charge in [0.2, 0.25) is 5.91 Å². The van der Waals surface area contributed by atoms with Gasteiger partial charge in [0.05, 0.1) is 39.7 Å². The highest BCUT2D eigenvalue weighted by Gasteiger charge is 2.52. The average molecular weight is 295 g/mol. The van der Waals surface area contributed by atoms with E-state index in [4.69, 9.17) is 0 Å². The molecule has 5 nitrogen and oxygen atoms in total. The van der Waals surface area contributed by atoms with E-state index < -0.39 is 5.41 Å². The van der Waals surface area contributed by atoms with Crippen molar-refractivity contribution in [3.05, 3.63) is 28.8 Å². The molecule has 2 heterocycles. The lowest BCUT2D eigenvalue weighted by atomic mass is 10.0. The fraction of sp³-hybridized carbons (Fsp3) is 0.364. The van der Waals surface area contributed by atoms with Gasteiger partial charge in [-0.3, -0.25) is 9.78 Å². The molecule has 0 aromatic carbocycles. The van der Waals surface area contributed by atoms with Crippen LogP contribution >= 0.6 is 15.9 Å². The standard InChI is InChI=1S/C11H11BrN4O/c1-13-10(17)11(2-3-11)9-6-16-8(5-14-9)7(12)4-15-16/h4-6H,2-3H2,1H3,(H,13,17). The van der Waals surface area contributed by atoms with Gasteiger partial charge in [0.1, 0.15) is 0 Å². The topological polar surface area (TPSA) is 59.3 Å². The third kappa shape index (κ3) is 1.47. The molecule has 17 heavy (non-hydrogen) atoms. The van der Waals surface area contributed by atoms with Crippen LogP contribution in [0.3, 0.4) is 0 Å². The Morgan fingerprint density at radius 3 is 2.94 bits per heavy atom. The zero-order chi connectivity index (χ0) is 12.0. The second-order valence-corrected chi connectivity index (χ2v) is 5.11. The Bertz CT molecular complexity index is 603. The third-order valence-corrected chi connectivity index (χ3v) is 3.87. The molecule has 1 saturated carbocycles. The summed E-state index contributed by atoms with van der Waals surface area (Å²) in [6, 6.07) is 0. The molecule has 0 bridgehead atoms. The molecular formula is C11H11BrN4O. The van der Waals surface area contributed by atoms with Crippen molar-refractivity contribution in [1.82, 2.24) is 19.9 Å². The summed E-state index contributed by atoms with van der Waals surface area (Å²) in [5.74, 6) is 0.0376. The Balaban J connectivity index is 2.10. The number of halogens is 1. The zero-order valence-electron chi connectivity index (χ0n) is 9.27. The van der Waals surface area contributed by atoms with Gasteiger partial charge in [-0.05, 0) is 28.8 Å². The van der Waals surface area contributed by atoms with E-state index in [9.17, 15) is 4.79 Å². The van der Waals surface area contributed by atoms with Gasteiger partial charge in [-0.25, -0.2) is 4.52 Å². The fourth-order valence-corrected chi connectivity index (χ4v) is 2.44. The van der Waals surface area contributed by atoms with Crippen LogP contribution in [0.2, 0.25) is 0 Å². The molecule has 0 atom stereocenters. The first kappa shape index (κ1) is 10.7. The van der Waals surface area contributed by atoms with Crippen molar-refractivity contribution in [3.8, 4) is 0 Å². The highest BCUT2D eigenvalue weighted by atomic mass is 79.9. The van der Waals surface area contributed by atoms with Crippen LogP contribution in [0.1, 0.15) is 18.5 Å². The summed E-state index contributed by atoms with van der Waals surface area (Å²) in [7, 11) is 1.66. The average Bonchev–Trinajstić information content (AvgIpc) is 3.09. The number of nitrogens with zero attached hydrogens (tertiary/aromatic N) is 3. The van der Waals surface area contributed by atoms with Crippen molar-refractivity contribution in [2.24, 2.45) is 0 Å². The van der Waals surface area contributed by atoms with E-state index in [0.717, 1.165) is 28.5 Å². The van der Waals surface area contributed by atoms with Crippen molar-refractivity contribution in [3.63, 3.8) is 0 Å². The maximum Gasteiger partial charge on any atom is 0.232 e. The molecule has 1 N–H and O–H groups in total. The number of carbonyl (C=O) groups is 1. The van der Waals surface area contributed by atoms with Gasteiger partial charge >= 0.3 is 0 Å². The van der Waals surface area contributed by atoms with Crippen molar-refractivity contribution in [1.29, 1.82) is 0 Å².